The summed E-state index contributed by atoms with van der Waals surface area (Å²) < 4.78 is 5.01. The molecule has 0 radical (unpaired) electrons. The Hall–Kier alpha value is -0.340. The van der Waals surface area contributed by atoms with Crippen molar-refractivity contribution in [3.05, 3.63) is 12.2 Å². The molecule has 2 nitrogen and oxygen atoms in total. The SMILES string of the molecule is COCCCNC[C@H]1C[C@@H]2C=C[C@H]1C2. The number of nitrogens with one attached hydrogen (secondary N) is 1. The lowest BCUT2D eigenvalue weighted by molar-refractivity contribution is 0.193. The summed E-state index contributed by atoms with van der Waals surface area (Å²) in [5.41, 5.74) is 0. The van der Waals surface area contributed by atoms with Crippen LogP contribution in [0.4, 0.5) is 0 Å². The third kappa shape index (κ3) is 2.37. The van der Waals surface area contributed by atoms with Crippen LogP contribution in [0.2, 0.25) is 0 Å². The highest BCUT2D eigenvalue weighted by molar-refractivity contribution is 5.10. The second-order valence-electron chi connectivity index (χ2n) is 4.59. The Morgan fingerprint density at radius 3 is 2.93 bits per heavy atom. The minimum atomic E-state index is 0.879. The van der Waals surface area contributed by atoms with Crippen LogP contribution in [0.25, 0.3) is 0 Å². The summed E-state index contributed by atoms with van der Waals surface area (Å²) >= 11 is 0. The molecule has 2 bridgehead atoms. The van der Waals surface area contributed by atoms with Crippen molar-refractivity contribution >= 4 is 0 Å². The standard InChI is InChI=1S/C12H21NO/c1-14-6-2-5-13-9-12-8-10-3-4-11(12)7-10/h3-4,10-13H,2,5-9H2,1H3/t10-,11+,12-/m1/s1. The van der Waals surface area contributed by atoms with Crippen molar-refractivity contribution < 1.29 is 4.74 Å². The van der Waals surface area contributed by atoms with Gasteiger partial charge in [0.05, 0.1) is 0 Å². The molecule has 1 fully saturated rings. The van der Waals surface area contributed by atoms with E-state index >= 15 is 0 Å². The third-order valence-corrected chi connectivity index (χ3v) is 3.52. The maximum Gasteiger partial charge on any atom is 0.0474 e. The van der Waals surface area contributed by atoms with E-state index in [1.54, 1.807) is 7.11 Å². The summed E-state index contributed by atoms with van der Waals surface area (Å²) in [6.07, 6.45) is 8.80. The van der Waals surface area contributed by atoms with Crippen molar-refractivity contribution in [3.63, 3.8) is 0 Å². The van der Waals surface area contributed by atoms with Crippen molar-refractivity contribution in [2.24, 2.45) is 17.8 Å². The third-order valence-electron chi connectivity index (χ3n) is 3.52. The van der Waals surface area contributed by atoms with Gasteiger partial charge in [-0.1, -0.05) is 12.2 Å². The van der Waals surface area contributed by atoms with Gasteiger partial charge in [0, 0.05) is 13.7 Å². The zero-order valence-corrected chi connectivity index (χ0v) is 9.04. The van der Waals surface area contributed by atoms with Gasteiger partial charge >= 0.3 is 0 Å². The predicted octanol–water partition coefficient (Wildman–Crippen LogP) is 1.82. The molecule has 2 aliphatic rings. The van der Waals surface area contributed by atoms with Crippen LogP contribution in [0.15, 0.2) is 12.2 Å². The van der Waals surface area contributed by atoms with E-state index in [1.165, 1.54) is 19.4 Å². The fraction of sp³-hybridized carbons (Fsp3) is 0.833. The van der Waals surface area contributed by atoms with E-state index in [1.807, 2.05) is 0 Å². The normalized spacial score (nSPS) is 34.2. The zero-order valence-electron chi connectivity index (χ0n) is 9.04. The van der Waals surface area contributed by atoms with E-state index in [-0.39, 0.29) is 0 Å². The fourth-order valence-corrected chi connectivity index (χ4v) is 2.76. The van der Waals surface area contributed by atoms with Gasteiger partial charge in [0.1, 0.15) is 0 Å². The van der Waals surface area contributed by atoms with Crippen molar-refractivity contribution in [2.45, 2.75) is 19.3 Å². The van der Waals surface area contributed by atoms with Gasteiger partial charge in [-0.3, -0.25) is 0 Å². The van der Waals surface area contributed by atoms with Crippen LogP contribution in [-0.2, 0) is 4.74 Å². The Bertz CT molecular complexity index is 202. The van der Waals surface area contributed by atoms with Crippen LogP contribution < -0.4 is 5.32 Å². The lowest BCUT2D eigenvalue weighted by atomic mass is 9.94. The first kappa shape index (κ1) is 10.2. The second kappa shape index (κ2) is 4.94. The smallest absolute Gasteiger partial charge is 0.0474 e. The Morgan fingerprint density at radius 2 is 2.29 bits per heavy atom. The molecule has 1 N–H and O–H groups in total. The van der Waals surface area contributed by atoms with Crippen molar-refractivity contribution in [2.75, 3.05) is 26.8 Å². The molecule has 0 spiro atoms. The highest BCUT2D eigenvalue weighted by Crippen LogP contribution is 2.42. The molecule has 0 aromatic carbocycles. The molecule has 0 amide bonds. The van der Waals surface area contributed by atoms with Gasteiger partial charge in [-0.05, 0) is 50.1 Å². The number of ether oxygens (including phenoxy) is 1. The van der Waals surface area contributed by atoms with Crippen LogP contribution >= 0.6 is 0 Å². The number of hydrogen-bond acceptors (Lipinski definition) is 2. The summed E-state index contributed by atoms with van der Waals surface area (Å²) in [4.78, 5) is 0. The first-order valence-electron chi connectivity index (χ1n) is 5.78. The second-order valence-corrected chi connectivity index (χ2v) is 4.59. The van der Waals surface area contributed by atoms with Crippen LogP contribution in [-0.4, -0.2) is 26.8 Å². The molecule has 80 valence electrons. The topological polar surface area (TPSA) is 21.3 Å². The molecular formula is C12H21NO. The molecule has 0 aliphatic heterocycles. The quantitative estimate of drug-likeness (QED) is 0.515. The highest BCUT2D eigenvalue weighted by Gasteiger charge is 2.34. The van der Waals surface area contributed by atoms with E-state index in [4.69, 9.17) is 4.74 Å². The molecule has 0 aromatic heterocycles. The molecule has 2 rings (SSSR count). The first-order valence-corrected chi connectivity index (χ1v) is 5.78. The Balaban J connectivity index is 1.56. The largest absolute Gasteiger partial charge is 0.385 e. The number of hydrogen-bond donors (Lipinski definition) is 1. The minimum absolute atomic E-state index is 0.879. The highest BCUT2D eigenvalue weighted by atomic mass is 16.5. The van der Waals surface area contributed by atoms with Crippen LogP contribution in [0.1, 0.15) is 19.3 Å². The number of fused-ring (bicyclic) bond motifs is 2. The maximum absolute atomic E-state index is 5.01. The average Bonchev–Trinajstić information content (AvgIpc) is 2.79. The lowest BCUT2D eigenvalue weighted by Crippen LogP contribution is -2.26. The molecule has 2 heteroatoms. The molecule has 1 saturated carbocycles. The summed E-state index contributed by atoms with van der Waals surface area (Å²) in [5, 5.41) is 3.53. The average molecular weight is 195 g/mol. The molecular weight excluding hydrogens is 174 g/mol. The van der Waals surface area contributed by atoms with Crippen LogP contribution in [0.3, 0.4) is 0 Å². The number of methoxy groups -OCH3 is 1. The van der Waals surface area contributed by atoms with Gasteiger partial charge in [0.15, 0.2) is 0 Å². The van der Waals surface area contributed by atoms with Gasteiger partial charge in [-0.15, -0.1) is 0 Å². The van der Waals surface area contributed by atoms with E-state index in [0.29, 0.717) is 0 Å². The molecule has 0 saturated heterocycles. The van der Waals surface area contributed by atoms with Gasteiger partial charge < -0.3 is 10.1 Å². The van der Waals surface area contributed by atoms with E-state index in [0.717, 1.165) is 37.3 Å². The van der Waals surface area contributed by atoms with Crippen molar-refractivity contribution in [3.8, 4) is 0 Å². The van der Waals surface area contributed by atoms with Gasteiger partial charge in [-0.25, -0.2) is 0 Å². The molecule has 2 aliphatic carbocycles. The summed E-state index contributed by atoms with van der Waals surface area (Å²) in [6, 6.07) is 0. The molecule has 0 heterocycles. The first-order chi connectivity index (χ1) is 6.90. The molecule has 0 unspecified atom stereocenters. The predicted molar refractivity (Wildman–Crippen MR) is 58.2 cm³/mol. The lowest BCUT2D eigenvalue weighted by Gasteiger charge is -2.18. The monoisotopic (exact) mass is 195 g/mol. The molecule has 0 aromatic rings. The van der Waals surface area contributed by atoms with Crippen molar-refractivity contribution in [1.82, 2.24) is 5.32 Å². The number of allylic oxidation sites excluding steroid dienone is 2. The van der Waals surface area contributed by atoms with Crippen LogP contribution in [0, 0.1) is 17.8 Å². The summed E-state index contributed by atoms with van der Waals surface area (Å²) in [6.45, 7) is 3.18. The maximum atomic E-state index is 5.01. The molecule has 3 atom stereocenters. The Morgan fingerprint density at radius 1 is 1.36 bits per heavy atom. The number of rotatable bonds is 6. The molecule has 14 heavy (non-hydrogen) atoms. The van der Waals surface area contributed by atoms with Gasteiger partial charge in [-0.2, -0.15) is 0 Å². The summed E-state index contributed by atoms with van der Waals surface area (Å²) in [7, 11) is 1.76. The Labute approximate surface area is 86.7 Å². The minimum Gasteiger partial charge on any atom is -0.385 e. The van der Waals surface area contributed by atoms with E-state index in [2.05, 4.69) is 17.5 Å². The zero-order chi connectivity index (χ0) is 9.80. The van der Waals surface area contributed by atoms with Gasteiger partial charge in [0.2, 0.25) is 0 Å². The van der Waals surface area contributed by atoms with Gasteiger partial charge in [0.25, 0.3) is 0 Å². The summed E-state index contributed by atoms with van der Waals surface area (Å²) in [5.74, 6) is 2.70. The van der Waals surface area contributed by atoms with E-state index in [9.17, 15) is 0 Å². The Kier molecular flexibility index (Phi) is 3.60. The van der Waals surface area contributed by atoms with Crippen LogP contribution in [0.5, 0.6) is 0 Å². The van der Waals surface area contributed by atoms with E-state index < -0.39 is 0 Å². The fourth-order valence-electron chi connectivity index (χ4n) is 2.76. The van der Waals surface area contributed by atoms with Crippen molar-refractivity contribution in [1.29, 1.82) is 0 Å².